The lowest BCUT2D eigenvalue weighted by molar-refractivity contribution is 0.115. The molecule has 0 radical (unpaired) electrons. The van der Waals surface area contributed by atoms with E-state index in [1.165, 1.54) is 0 Å². The van der Waals surface area contributed by atoms with Crippen molar-refractivity contribution in [1.82, 2.24) is 0 Å². The molecule has 7 nitrogen and oxygen atoms in total. The van der Waals surface area contributed by atoms with Crippen molar-refractivity contribution in [3.05, 3.63) is 60.7 Å². The maximum absolute atomic E-state index is 12.1. The number of hydrogen-bond donors (Lipinski definition) is 2. The van der Waals surface area contributed by atoms with Crippen molar-refractivity contribution in [3.8, 4) is 11.5 Å². The zero-order valence-electron chi connectivity index (χ0n) is 20.8. The Labute approximate surface area is 221 Å². The van der Waals surface area contributed by atoms with E-state index in [-0.39, 0.29) is 29.2 Å². The molecular weight excluding hydrogens is 531 g/mol. The van der Waals surface area contributed by atoms with E-state index in [0.717, 1.165) is 50.0 Å². The van der Waals surface area contributed by atoms with E-state index in [9.17, 15) is 4.57 Å². The van der Waals surface area contributed by atoms with Crippen LogP contribution in [-0.4, -0.2) is 24.7 Å². The highest BCUT2D eigenvalue weighted by atomic mass is 79.9. The van der Waals surface area contributed by atoms with E-state index in [2.05, 4.69) is 13.8 Å². The van der Waals surface area contributed by atoms with Crippen LogP contribution in [0, 0.1) is 0 Å². The van der Waals surface area contributed by atoms with E-state index in [0.29, 0.717) is 12.8 Å². The number of rotatable bonds is 18. The molecule has 0 saturated heterocycles. The smallest absolute Gasteiger partial charge is 0.490 e. The summed E-state index contributed by atoms with van der Waals surface area (Å²) >= 11 is 0. The van der Waals surface area contributed by atoms with Crippen LogP contribution in [0.3, 0.4) is 0 Å². The third-order valence-corrected chi connectivity index (χ3v) is 6.36. The first-order valence-corrected chi connectivity index (χ1v) is 13.3. The number of benzene rings is 2. The van der Waals surface area contributed by atoms with Crippen LogP contribution in [0.25, 0.3) is 0 Å². The molecule has 35 heavy (non-hydrogen) atoms. The monoisotopic (exact) mass is 571 g/mol. The number of halogens is 1. The average Bonchev–Trinajstić information content (AvgIpc) is 2.83. The normalized spacial score (nSPS) is 14.8. The molecule has 0 bridgehead atoms. The van der Waals surface area contributed by atoms with Gasteiger partial charge < -0.3 is 20.9 Å². The Morgan fingerprint density at radius 3 is 1.40 bits per heavy atom. The Morgan fingerprint density at radius 2 is 1.06 bits per heavy atom. The highest BCUT2D eigenvalue weighted by molar-refractivity contribution is 8.93. The van der Waals surface area contributed by atoms with Gasteiger partial charge in [0.05, 0.1) is 12.2 Å². The summed E-state index contributed by atoms with van der Waals surface area (Å²) in [6, 6.07) is 19.5. The van der Waals surface area contributed by atoms with Gasteiger partial charge in [0.25, 0.3) is 0 Å². The number of nitrogens with two attached hydrogens (primary N) is 2. The summed E-state index contributed by atoms with van der Waals surface area (Å²) in [5, 5.41) is 0. The lowest BCUT2D eigenvalue weighted by Gasteiger charge is -2.18. The fourth-order valence-electron chi connectivity index (χ4n) is 3.52. The van der Waals surface area contributed by atoms with E-state index in [1.807, 2.05) is 60.7 Å². The molecule has 0 aliphatic heterocycles. The topological polar surface area (TPSA) is 106 Å². The van der Waals surface area contributed by atoms with Gasteiger partial charge in [-0.1, -0.05) is 50.2 Å². The summed E-state index contributed by atoms with van der Waals surface area (Å²) < 4.78 is 34.7. The Kier molecular flexibility index (Phi) is 16.8. The minimum Gasteiger partial charge on any atom is -0.490 e. The molecule has 2 aromatic rings. The van der Waals surface area contributed by atoms with E-state index >= 15 is 0 Å². The molecule has 4 N–H and O–H groups in total. The van der Waals surface area contributed by atoms with Crippen LogP contribution in [0.15, 0.2) is 60.7 Å². The van der Waals surface area contributed by atoms with Gasteiger partial charge in [0, 0.05) is 4.57 Å². The molecule has 0 spiro atoms. The first kappa shape index (κ1) is 31.5. The summed E-state index contributed by atoms with van der Waals surface area (Å²) in [7, 11) is -2.37. The van der Waals surface area contributed by atoms with Gasteiger partial charge in [-0.05, 0) is 75.6 Å². The van der Waals surface area contributed by atoms with Crippen molar-refractivity contribution in [2.24, 2.45) is 11.5 Å². The van der Waals surface area contributed by atoms with Crippen molar-refractivity contribution in [2.75, 3.05) is 0 Å². The molecule has 196 valence electrons. The van der Waals surface area contributed by atoms with E-state index < -0.39 is 20.7 Å². The maximum Gasteiger partial charge on any atom is 0.700 e. The van der Waals surface area contributed by atoms with Crippen LogP contribution in [-0.2, 0) is 13.6 Å². The second kappa shape index (κ2) is 18.7. The second-order valence-electron chi connectivity index (χ2n) is 8.30. The molecule has 4 unspecified atom stereocenters. The third-order valence-electron chi connectivity index (χ3n) is 5.47. The van der Waals surface area contributed by atoms with Gasteiger partial charge in [-0.3, -0.25) is 0 Å². The zero-order chi connectivity index (χ0) is 24.6. The van der Waals surface area contributed by atoms with Crippen LogP contribution < -0.4 is 20.9 Å². The van der Waals surface area contributed by atoms with Gasteiger partial charge in [0.1, 0.15) is 11.5 Å². The molecule has 0 amide bonds. The molecule has 0 fully saturated rings. The van der Waals surface area contributed by atoms with Crippen molar-refractivity contribution in [3.63, 3.8) is 0 Å². The van der Waals surface area contributed by atoms with Crippen LogP contribution in [0.1, 0.15) is 65.2 Å². The first-order valence-electron chi connectivity index (χ1n) is 12.3. The fourth-order valence-corrected chi connectivity index (χ4v) is 4.22. The quantitative estimate of drug-likeness (QED) is 0.148. The molecule has 0 aliphatic rings. The van der Waals surface area contributed by atoms with Gasteiger partial charge in [-0.2, -0.15) is 0 Å². The summed E-state index contributed by atoms with van der Waals surface area (Å²) in [5.41, 5.74) is 12.0. The number of ether oxygens (including phenoxy) is 2. The van der Waals surface area contributed by atoms with Gasteiger partial charge >= 0.3 is 8.25 Å². The predicted octanol–water partition coefficient (Wildman–Crippen LogP) is 6.88. The molecule has 0 aromatic heterocycles. The van der Waals surface area contributed by atoms with Gasteiger partial charge in [0.15, 0.2) is 12.5 Å². The standard InChI is InChI=1S/C26H40N2O5P.BrH/c1-3-21(30-23-13-7-5-8-14-23)17-11-19-25(27)32-34(29)33-26(28)20-12-18-22(4-2)31-24-15-9-6-10-16-24;/h5-10,13-16,21-22,25-26H,3-4,11-12,17-20,27-28H2,1-2H3;1H/q+1;. The third kappa shape index (κ3) is 14.0. The van der Waals surface area contributed by atoms with Crippen molar-refractivity contribution < 1.29 is 23.1 Å². The first-order chi connectivity index (χ1) is 16.5. The Morgan fingerprint density at radius 1 is 0.686 bits per heavy atom. The van der Waals surface area contributed by atoms with Gasteiger partial charge in [-0.15, -0.1) is 26.0 Å². The minimum atomic E-state index is -2.37. The Hall–Kier alpha value is -1.54. The lowest BCUT2D eigenvalue weighted by Crippen LogP contribution is -2.25. The van der Waals surface area contributed by atoms with Crippen molar-refractivity contribution >= 4 is 25.2 Å². The fraction of sp³-hybridized carbons (Fsp3) is 0.538. The summed E-state index contributed by atoms with van der Waals surface area (Å²) in [6.07, 6.45) is 5.03. The van der Waals surface area contributed by atoms with Crippen LogP contribution in [0.4, 0.5) is 0 Å². The Balaban J connectivity index is 0.00000612. The molecule has 0 heterocycles. The summed E-state index contributed by atoms with van der Waals surface area (Å²) in [6.45, 7) is 4.18. The van der Waals surface area contributed by atoms with Gasteiger partial charge in [0.2, 0.25) is 0 Å². The summed E-state index contributed by atoms with van der Waals surface area (Å²) in [5.74, 6) is 1.72. The average molecular weight is 573 g/mol. The number of para-hydroxylation sites is 2. The molecular formula is C26H41BrN2O5P+. The van der Waals surface area contributed by atoms with Crippen molar-refractivity contribution in [1.29, 1.82) is 0 Å². The van der Waals surface area contributed by atoms with Gasteiger partial charge in [-0.25, -0.2) is 0 Å². The highest BCUT2D eigenvalue weighted by Gasteiger charge is 2.28. The largest absolute Gasteiger partial charge is 0.700 e. The molecule has 9 heteroatoms. The molecule has 0 aliphatic carbocycles. The number of hydrogen-bond acceptors (Lipinski definition) is 7. The zero-order valence-corrected chi connectivity index (χ0v) is 23.4. The lowest BCUT2D eigenvalue weighted by atomic mass is 10.1. The molecule has 0 saturated carbocycles. The second-order valence-corrected chi connectivity index (χ2v) is 9.16. The van der Waals surface area contributed by atoms with Crippen LogP contribution >= 0.6 is 25.2 Å². The predicted molar refractivity (Wildman–Crippen MR) is 146 cm³/mol. The molecule has 4 atom stereocenters. The maximum atomic E-state index is 12.1. The van der Waals surface area contributed by atoms with E-state index in [4.69, 9.17) is 30.0 Å². The molecule has 2 rings (SSSR count). The highest BCUT2D eigenvalue weighted by Crippen LogP contribution is 2.29. The SMILES string of the molecule is Br.CCC(CCCC(N)O[P+](=O)OC(N)CCCC(CC)Oc1ccccc1)Oc1ccccc1. The van der Waals surface area contributed by atoms with Crippen molar-refractivity contribution in [2.45, 2.75) is 89.9 Å². The minimum absolute atomic E-state index is 0. The molecule has 2 aromatic carbocycles. The van der Waals surface area contributed by atoms with E-state index in [1.54, 1.807) is 0 Å². The summed E-state index contributed by atoms with van der Waals surface area (Å²) in [4.78, 5) is 0. The van der Waals surface area contributed by atoms with Crippen LogP contribution in [0.5, 0.6) is 11.5 Å². The van der Waals surface area contributed by atoms with Crippen LogP contribution in [0.2, 0.25) is 0 Å². The Bertz CT molecular complexity index is 737.